The molecule has 0 atom stereocenters. The van der Waals surface area contributed by atoms with E-state index < -0.39 is 0 Å². The van der Waals surface area contributed by atoms with Gasteiger partial charge in [0.1, 0.15) is 0 Å². The summed E-state index contributed by atoms with van der Waals surface area (Å²) in [6.45, 7) is 11.8. The lowest BCUT2D eigenvalue weighted by molar-refractivity contribution is 0.0440. The summed E-state index contributed by atoms with van der Waals surface area (Å²) in [4.78, 5) is 2.32. The van der Waals surface area contributed by atoms with E-state index in [0.717, 1.165) is 18.7 Å². The zero-order valence-electron chi connectivity index (χ0n) is 14.4. The topological polar surface area (TPSA) is 23.5 Å². The lowest BCUT2D eigenvalue weighted by Crippen LogP contribution is -2.45. The zero-order chi connectivity index (χ0) is 16.9. The molecule has 2 aromatic carbocycles. The second-order valence-corrected chi connectivity index (χ2v) is 6.76. The maximum atomic E-state index is 9.79. The summed E-state index contributed by atoms with van der Waals surface area (Å²) in [7, 11) is 0. The molecule has 122 valence electrons. The third kappa shape index (κ3) is 4.78. The standard InChI is InChI=1S/C21H27NO/c1-5-18-10-12-20(13-11-18)15-22(21(3,4)16-23)14-19-8-6-17(2)7-9-19/h5-13,23H,1,14-16H2,2-4H3. The summed E-state index contributed by atoms with van der Waals surface area (Å²) in [5, 5.41) is 9.79. The van der Waals surface area contributed by atoms with Gasteiger partial charge in [-0.3, -0.25) is 4.90 Å². The first-order valence-electron chi connectivity index (χ1n) is 8.07. The molecule has 0 aromatic heterocycles. The number of rotatable bonds is 7. The zero-order valence-corrected chi connectivity index (χ0v) is 14.4. The van der Waals surface area contributed by atoms with Crippen LogP contribution in [0.2, 0.25) is 0 Å². The predicted octanol–water partition coefficient (Wildman–Crippen LogP) is 4.41. The van der Waals surface area contributed by atoms with Crippen molar-refractivity contribution in [1.29, 1.82) is 0 Å². The van der Waals surface area contributed by atoms with Crippen molar-refractivity contribution in [2.24, 2.45) is 0 Å². The van der Waals surface area contributed by atoms with Crippen molar-refractivity contribution in [2.45, 2.75) is 39.4 Å². The molecule has 2 rings (SSSR count). The molecule has 0 aliphatic heterocycles. The molecule has 0 bridgehead atoms. The van der Waals surface area contributed by atoms with E-state index >= 15 is 0 Å². The van der Waals surface area contributed by atoms with Crippen molar-refractivity contribution in [3.8, 4) is 0 Å². The summed E-state index contributed by atoms with van der Waals surface area (Å²) in [6.07, 6.45) is 1.85. The minimum absolute atomic E-state index is 0.129. The Bertz CT molecular complexity index is 626. The second kappa shape index (κ2) is 7.58. The van der Waals surface area contributed by atoms with Gasteiger partial charge >= 0.3 is 0 Å². The van der Waals surface area contributed by atoms with Crippen LogP contribution in [0.3, 0.4) is 0 Å². The quantitative estimate of drug-likeness (QED) is 0.819. The fraction of sp³-hybridized carbons (Fsp3) is 0.333. The van der Waals surface area contributed by atoms with Gasteiger partial charge in [-0.1, -0.05) is 66.7 Å². The van der Waals surface area contributed by atoms with Gasteiger partial charge < -0.3 is 5.11 Å². The minimum atomic E-state index is -0.276. The van der Waals surface area contributed by atoms with Gasteiger partial charge in [0.25, 0.3) is 0 Å². The van der Waals surface area contributed by atoms with Gasteiger partial charge in [0, 0.05) is 18.6 Å². The molecule has 0 radical (unpaired) electrons. The average molecular weight is 309 g/mol. The van der Waals surface area contributed by atoms with Crippen LogP contribution in [0.15, 0.2) is 55.1 Å². The number of aryl methyl sites for hydroxylation is 1. The van der Waals surface area contributed by atoms with E-state index in [1.54, 1.807) is 0 Å². The molecule has 0 spiro atoms. The van der Waals surface area contributed by atoms with Crippen LogP contribution in [0.4, 0.5) is 0 Å². The Morgan fingerprint density at radius 3 is 1.87 bits per heavy atom. The number of hydrogen-bond donors (Lipinski definition) is 1. The van der Waals surface area contributed by atoms with Crippen LogP contribution < -0.4 is 0 Å². The molecule has 0 unspecified atom stereocenters. The largest absolute Gasteiger partial charge is 0.394 e. The summed E-state index contributed by atoms with van der Waals surface area (Å²) >= 11 is 0. The van der Waals surface area contributed by atoms with Crippen LogP contribution in [0.1, 0.15) is 36.1 Å². The number of nitrogens with zero attached hydrogens (tertiary/aromatic N) is 1. The number of benzene rings is 2. The highest BCUT2D eigenvalue weighted by atomic mass is 16.3. The first-order valence-corrected chi connectivity index (χ1v) is 8.07. The maximum Gasteiger partial charge on any atom is 0.0610 e. The molecule has 0 saturated heterocycles. The van der Waals surface area contributed by atoms with E-state index in [-0.39, 0.29) is 12.1 Å². The molecule has 2 aromatic rings. The van der Waals surface area contributed by atoms with Crippen LogP contribution in [-0.2, 0) is 13.1 Å². The number of hydrogen-bond acceptors (Lipinski definition) is 2. The highest BCUT2D eigenvalue weighted by molar-refractivity contribution is 5.47. The molecule has 0 aliphatic carbocycles. The SMILES string of the molecule is C=Cc1ccc(CN(Cc2ccc(C)cc2)C(C)(C)CO)cc1. The van der Waals surface area contributed by atoms with E-state index in [9.17, 15) is 5.11 Å². The van der Waals surface area contributed by atoms with Crippen LogP contribution in [0.5, 0.6) is 0 Å². The Labute approximate surface area is 140 Å². The summed E-state index contributed by atoms with van der Waals surface area (Å²) in [5.74, 6) is 0. The van der Waals surface area contributed by atoms with Crippen molar-refractivity contribution in [2.75, 3.05) is 6.61 Å². The first-order chi connectivity index (χ1) is 10.9. The Morgan fingerprint density at radius 2 is 1.43 bits per heavy atom. The van der Waals surface area contributed by atoms with Crippen LogP contribution in [0.25, 0.3) is 6.08 Å². The molecular weight excluding hydrogens is 282 g/mol. The summed E-state index contributed by atoms with van der Waals surface area (Å²) in [5.41, 5.74) is 4.62. The number of aliphatic hydroxyl groups is 1. The Balaban J connectivity index is 2.19. The lowest BCUT2D eigenvalue weighted by Gasteiger charge is -2.37. The Kier molecular flexibility index (Phi) is 5.75. The van der Waals surface area contributed by atoms with Crippen molar-refractivity contribution in [1.82, 2.24) is 4.90 Å². The van der Waals surface area contributed by atoms with Gasteiger partial charge in [-0.15, -0.1) is 0 Å². The highest BCUT2D eigenvalue weighted by Crippen LogP contribution is 2.21. The highest BCUT2D eigenvalue weighted by Gasteiger charge is 2.26. The van der Waals surface area contributed by atoms with Crippen LogP contribution in [-0.4, -0.2) is 22.2 Å². The molecule has 23 heavy (non-hydrogen) atoms. The molecule has 1 N–H and O–H groups in total. The summed E-state index contributed by atoms with van der Waals surface area (Å²) < 4.78 is 0. The molecule has 0 aliphatic rings. The monoisotopic (exact) mass is 309 g/mol. The van der Waals surface area contributed by atoms with Gasteiger partial charge in [0.15, 0.2) is 0 Å². The predicted molar refractivity (Wildman–Crippen MR) is 98.1 cm³/mol. The van der Waals surface area contributed by atoms with Crippen molar-refractivity contribution in [3.63, 3.8) is 0 Å². The van der Waals surface area contributed by atoms with Gasteiger partial charge in [-0.25, -0.2) is 0 Å². The molecule has 0 fully saturated rings. The van der Waals surface area contributed by atoms with Crippen molar-refractivity contribution in [3.05, 3.63) is 77.4 Å². The molecule has 2 nitrogen and oxygen atoms in total. The second-order valence-electron chi connectivity index (χ2n) is 6.76. The molecule has 0 saturated carbocycles. The van der Waals surface area contributed by atoms with Gasteiger partial charge in [0.2, 0.25) is 0 Å². The van der Waals surface area contributed by atoms with Gasteiger partial charge in [0.05, 0.1) is 6.61 Å². The smallest absolute Gasteiger partial charge is 0.0610 e. The minimum Gasteiger partial charge on any atom is -0.394 e. The maximum absolute atomic E-state index is 9.79. The van der Waals surface area contributed by atoms with E-state index in [1.807, 2.05) is 6.08 Å². The van der Waals surface area contributed by atoms with Gasteiger partial charge in [-0.05, 0) is 37.5 Å². The molecule has 0 amide bonds. The van der Waals surface area contributed by atoms with Gasteiger partial charge in [-0.2, -0.15) is 0 Å². The van der Waals surface area contributed by atoms with Crippen molar-refractivity contribution < 1.29 is 5.11 Å². The van der Waals surface area contributed by atoms with E-state index in [2.05, 4.69) is 80.8 Å². The third-order valence-corrected chi connectivity index (χ3v) is 4.33. The lowest BCUT2D eigenvalue weighted by atomic mass is 10.0. The third-order valence-electron chi connectivity index (χ3n) is 4.33. The Morgan fingerprint density at radius 1 is 0.957 bits per heavy atom. The van der Waals surface area contributed by atoms with E-state index in [0.29, 0.717) is 0 Å². The molecule has 0 heterocycles. The Hall–Kier alpha value is -1.90. The first kappa shape index (κ1) is 17.5. The number of aliphatic hydroxyl groups excluding tert-OH is 1. The normalized spacial score (nSPS) is 11.7. The molecular formula is C21H27NO. The van der Waals surface area contributed by atoms with Crippen LogP contribution >= 0.6 is 0 Å². The fourth-order valence-electron chi connectivity index (χ4n) is 2.48. The molecule has 2 heteroatoms. The van der Waals surface area contributed by atoms with E-state index in [4.69, 9.17) is 0 Å². The van der Waals surface area contributed by atoms with Crippen molar-refractivity contribution >= 4 is 6.08 Å². The fourth-order valence-corrected chi connectivity index (χ4v) is 2.48. The average Bonchev–Trinajstić information content (AvgIpc) is 2.57. The summed E-state index contributed by atoms with van der Waals surface area (Å²) in [6, 6.07) is 17.0. The van der Waals surface area contributed by atoms with Crippen LogP contribution in [0, 0.1) is 6.92 Å². The van der Waals surface area contributed by atoms with E-state index in [1.165, 1.54) is 16.7 Å².